The summed E-state index contributed by atoms with van der Waals surface area (Å²) < 4.78 is 0. The number of carbonyl (C=O) groups is 1. The van der Waals surface area contributed by atoms with Gasteiger partial charge in [-0.15, -0.1) is 0 Å². The lowest BCUT2D eigenvalue weighted by Gasteiger charge is -2.03. The summed E-state index contributed by atoms with van der Waals surface area (Å²) in [6.07, 6.45) is 0. The Hall–Kier alpha value is -2.05. The lowest BCUT2D eigenvalue weighted by molar-refractivity contribution is -0.385. The third-order valence-corrected chi connectivity index (χ3v) is 3.70. The number of aromatic carboxylic acids is 1. The third kappa shape index (κ3) is 3.28. The fourth-order valence-corrected chi connectivity index (χ4v) is 2.52. The van der Waals surface area contributed by atoms with Crippen molar-refractivity contribution in [3.05, 3.63) is 63.2 Å². The van der Waals surface area contributed by atoms with Crippen LogP contribution in [0.1, 0.15) is 10.4 Å². The Kier molecular flexibility index (Phi) is 4.26. The summed E-state index contributed by atoms with van der Waals surface area (Å²) in [5.41, 5.74) is -0.744. The first-order valence-corrected chi connectivity index (χ1v) is 6.62. The van der Waals surface area contributed by atoms with E-state index in [1.165, 1.54) is 30.0 Å². The average molecular weight is 310 g/mol. The van der Waals surface area contributed by atoms with E-state index in [0.29, 0.717) is 9.92 Å². The van der Waals surface area contributed by atoms with Crippen LogP contribution >= 0.6 is 23.4 Å². The molecule has 0 aliphatic rings. The van der Waals surface area contributed by atoms with Crippen molar-refractivity contribution in [3.63, 3.8) is 0 Å². The van der Waals surface area contributed by atoms with Gasteiger partial charge in [0, 0.05) is 20.9 Å². The highest BCUT2D eigenvalue weighted by Gasteiger charge is 2.20. The molecule has 0 fully saturated rings. The van der Waals surface area contributed by atoms with Crippen molar-refractivity contribution in [1.29, 1.82) is 0 Å². The second kappa shape index (κ2) is 5.94. The number of hydrogen-bond donors (Lipinski definition) is 1. The van der Waals surface area contributed by atoms with Gasteiger partial charge in [-0.3, -0.25) is 10.1 Å². The van der Waals surface area contributed by atoms with Crippen molar-refractivity contribution in [2.75, 3.05) is 0 Å². The Morgan fingerprint density at radius 2 is 1.75 bits per heavy atom. The molecule has 0 aromatic heterocycles. The molecule has 0 aliphatic heterocycles. The molecule has 2 aromatic rings. The zero-order valence-electron chi connectivity index (χ0n) is 9.95. The number of halogens is 1. The number of nitro groups is 1. The number of benzene rings is 2. The topological polar surface area (TPSA) is 80.4 Å². The lowest BCUT2D eigenvalue weighted by atomic mass is 10.2. The Balaban J connectivity index is 2.34. The van der Waals surface area contributed by atoms with Gasteiger partial charge in [0.2, 0.25) is 0 Å². The minimum Gasteiger partial charge on any atom is -0.477 e. The number of rotatable bonds is 4. The van der Waals surface area contributed by atoms with Gasteiger partial charge in [-0.1, -0.05) is 23.4 Å². The molecule has 0 saturated heterocycles. The second-order valence-electron chi connectivity index (χ2n) is 3.80. The Labute approximate surface area is 123 Å². The molecule has 0 amide bonds. The summed E-state index contributed by atoms with van der Waals surface area (Å²) in [5.74, 6) is -1.32. The molecule has 20 heavy (non-hydrogen) atoms. The molecule has 0 radical (unpaired) electrons. The Morgan fingerprint density at radius 1 is 1.15 bits per heavy atom. The van der Waals surface area contributed by atoms with Gasteiger partial charge in [0.25, 0.3) is 5.69 Å². The van der Waals surface area contributed by atoms with E-state index in [-0.39, 0.29) is 5.56 Å². The second-order valence-corrected chi connectivity index (χ2v) is 5.38. The van der Waals surface area contributed by atoms with Crippen LogP contribution in [0.3, 0.4) is 0 Å². The molecule has 0 atom stereocenters. The Morgan fingerprint density at radius 3 is 2.30 bits per heavy atom. The van der Waals surface area contributed by atoms with Crippen LogP contribution in [0.2, 0.25) is 5.02 Å². The first-order valence-electron chi connectivity index (χ1n) is 5.42. The predicted octanol–water partition coefficient (Wildman–Crippen LogP) is 4.10. The van der Waals surface area contributed by atoms with Crippen LogP contribution in [-0.4, -0.2) is 16.0 Å². The molecular formula is C13H8ClNO4S. The standard InChI is InChI=1S/C13H8ClNO4S/c14-8-1-3-9(4-2-8)20-10-5-6-11(13(16)17)12(7-10)15(18)19/h1-7H,(H,16,17). The number of nitrogens with zero attached hydrogens (tertiary/aromatic N) is 1. The molecule has 0 bridgehead atoms. The molecule has 1 N–H and O–H groups in total. The van der Waals surface area contributed by atoms with E-state index in [4.69, 9.17) is 16.7 Å². The van der Waals surface area contributed by atoms with E-state index >= 15 is 0 Å². The van der Waals surface area contributed by atoms with Gasteiger partial charge in [-0.2, -0.15) is 0 Å². The van der Waals surface area contributed by atoms with Gasteiger partial charge >= 0.3 is 5.97 Å². The zero-order chi connectivity index (χ0) is 14.7. The number of hydrogen-bond acceptors (Lipinski definition) is 4. The summed E-state index contributed by atoms with van der Waals surface area (Å²) in [6, 6.07) is 11.0. The van der Waals surface area contributed by atoms with Crippen LogP contribution in [0.25, 0.3) is 0 Å². The molecule has 102 valence electrons. The van der Waals surface area contributed by atoms with E-state index in [1.807, 2.05) is 0 Å². The van der Waals surface area contributed by atoms with Crippen molar-refractivity contribution in [1.82, 2.24) is 0 Å². The summed E-state index contributed by atoms with van der Waals surface area (Å²) in [4.78, 5) is 22.5. The van der Waals surface area contributed by atoms with Gasteiger partial charge in [0.05, 0.1) is 4.92 Å². The highest BCUT2D eigenvalue weighted by atomic mass is 35.5. The number of nitro benzene ring substituents is 1. The fraction of sp³-hybridized carbons (Fsp3) is 0. The zero-order valence-corrected chi connectivity index (χ0v) is 11.5. The molecule has 0 spiro atoms. The normalized spacial score (nSPS) is 10.2. The van der Waals surface area contributed by atoms with Crippen LogP contribution in [0.5, 0.6) is 0 Å². The quantitative estimate of drug-likeness (QED) is 0.679. The van der Waals surface area contributed by atoms with Crippen molar-refractivity contribution in [2.24, 2.45) is 0 Å². The minimum absolute atomic E-state index is 0.324. The van der Waals surface area contributed by atoms with Crippen molar-refractivity contribution >= 4 is 35.0 Å². The smallest absolute Gasteiger partial charge is 0.342 e. The summed E-state index contributed by atoms with van der Waals surface area (Å²) in [5, 5.41) is 20.4. The maximum absolute atomic E-state index is 10.9. The fourth-order valence-electron chi connectivity index (χ4n) is 1.55. The monoisotopic (exact) mass is 309 g/mol. The van der Waals surface area contributed by atoms with Crippen LogP contribution in [0, 0.1) is 10.1 Å². The molecular weight excluding hydrogens is 302 g/mol. The van der Waals surface area contributed by atoms with Crippen LogP contribution < -0.4 is 0 Å². The van der Waals surface area contributed by atoms with Gasteiger partial charge in [0.1, 0.15) is 5.56 Å². The van der Waals surface area contributed by atoms with E-state index in [9.17, 15) is 14.9 Å². The van der Waals surface area contributed by atoms with Gasteiger partial charge in [-0.25, -0.2) is 4.79 Å². The third-order valence-electron chi connectivity index (χ3n) is 2.45. The SMILES string of the molecule is O=C(O)c1ccc(Sc2ccc(Cl)cc2)cc1[N+](=O)[O-]. The van der Waals surface area contributed by atoms with Crippen LogP contribution in [0.15, 0.2) is 52.3 Å². The largest absolute Gasteiger partial charge is 0.477 e. The molecule has 2 aromatic carbocycles. The minimum atomic E-state index is -1.32. The molecule has 0 aliphatic carbocycles. The summed E-state index contributed by atoms with van der Waals surface area (Å²) in [6.45, 7) is 0. The lowest BCUT2D eigenvalue weighted by Crippen LogP contribution is -2.02. The Bertz CT molecular complexity index is 673. The maximum Gasteiger partial charge on any atom is 0.342 e. The van der Waals surface area contributed by atoms with Gasteiger partial charge < -0.3 is 5.11 Å². The van der Waals surface area contributed by atoms with Crippen LogP contribution in [0.4, 0.5) is 5.69 Å². The number of carboxylic acid groups (broad SMARTS) is 1. The summed E-state index contributed by atoms with van der Waals surface area (Å²) >= 11 is 7.07. The molecule has 0 saturated carbocycles. The van der Waals surface area contributed by atoms with Crippen molar-refractivity contribution in [2.45, 2.75) is 9.79 Å². The predicted molar refractivity (Wildman–Crippen MR) is 75.6 cm³/mol. The van der Waals surface area contributed by atoms with Crippen molar-refractivity contribution < 1.29 is 14.8 Å². The van der Waals surface area contributed by atoms with E-state index in [0.717, 1.165) is 4.90 Å². The van der Waals surface area contributed by atoms with Crippen molar-refractivity contribution in [3.8, 4) is 0 Å². The molecule has 5 nitrogen and oxygen atoms in total. The summed E-state index contributed by atoms with van der Waals surface area (Å²) in [7, 11) is 0. The first-order chi connectivity index (χ1) is 9.47. The van der Waals surface area contributed by atoms with E-state index in [2.05, 4.69) is 0 Å². The van der Waals surface area contributed by atoms with E-state index < -0.39 is 16.6 Å². The molecule has 0 unspecified atom stereocenters. The van der Waals surface area contributed by atoms with Crippen LogP contribution in [-0.2, 0) is 0 Å². The molecule has 2 rings (SSSR count). The average Bonchev–Trinajstić information content (AvgIpc) is 2.41. The van der Waals surface area contributed by atoms with E-state index in [1.54, 1.807) is 24.3 Å². The van der Waals surface area contributed by atoms with Gasteiger partial charge in [0.15, 0.2) is 0 Å². The highest BCUT2D eigenvalue weighted by molar-refractivity contribution is 7.99. The number of carboxylic acids is 1. The molecule has 7 heteroatoms. The first kappa shape index (κ1) is 14.4. The highest BCUT2D eigenvalue weighted by Crippen LogP contribution is 2.32. The van der Waals surface area contributed by atoms with Gasteiger partial charge in [-0.05, 0) is 36.4 Å². The molecule has 0 heterocycles. The maximum atomic E-state index is 10.9.